The van der Waals surface area contributed by atoms with Gasteiger partial charge in [0.25, 0.3) is 0 Å². The fraction of sp³-hybridized carbons (Fsp3) is 0.0588. The zero-order valence-electron chi connectivity index (χ0n) is 12.5. The number of nitrogens with zero attached hydrogens (tertiary/aromatic N) is 5. The van der Waals surface area contributed by atoms with Crippen molar-refractivity contribution in [3.8, 4) is 34.2 Å². The van der Waals surface area contributed by atoms with E-state index in [1.165, 1.54) is 0 Å². The van der Waals surface area contributed by atoms with E-state index >= 15 is 0 Å². The van der Waals surface area contributed by atoms with Gasteiger partial charge in [-0.3, -0.25) is 10.1 Å². The molecule has 23 heavy (non-hydrogen) atoms. The highest BCUT2D eigenvalue weighted by atomic mass is 15.2. The van der Waals surface area contributed by atoms with Gasteiger partial charge in [0.15, 0.2) is 11.6 Å². The highest BCUT2D eigenvalue weighted by molar-refractivity contribution is 5.77. The third-order valence-corrected chi connectivity index (χ3v) is 3.65. The van der Waals surface area contributed by atoms with Gasteiger partial charge in [-0.15, -0.1) is 0 Å². The van der Waals surface area contributed by atoms with Gasteiger partial charge in [0.1, 0.15) is 5.82 Å². The van der Waals surface area contributed by atoms with Crippen LogP contribution in [-0.4, -0.2) is 29.7 Å². The van der Waals surface area contributed by atoms with E-state index in [1.54, 1.807) is 18.6 Å². The maximum absolute atomic E-state index is 4.61. The summed E-state index contributed by atoms with van der Waals surface area (Å²) in [6.07, 6.45) is 7.19. The normalized spacial score (nSPS) is 10.8. The molecule has 0 amide bonds. The van der Waals surface area contributed by atoms with Crippen LogP contribution in [0, 0.1) is 0 Å². The molecule has 3 heterocycles. The lowest BCUT2D eigenvalue weighted by molar-refractivity contribution is 0.925. The molecular formula is C17H14N6. The molecule has 0 unspecified atom stereocenters. The maximum Gasteiger partial charge on any atom is 0.183 e. The van der Waals surface area contributed by atoms with E-state index in [4.69, 9.17) is 0 Å². The van der Waals surface area contributed by atoms with Crippen molar-refractivity contribution in [3.63, 3.8) is 0 Å². The highest BCUT2D eigenvalue weighted by Gasteiger charge is 2.14. The molecule has 0 radical (unpaired) electrons. The Labute approximate surface area is 132 Å². The molecule has 1 N–H and O–H groups in total. The number of imidazole rings is 1. The predicted molar refractivity (Wildman–Crippen MR) is 87.3 cm³/mol. The number of rotatable bonds is 3. The van der Waals surface area contributed by atoms with Crippen LogP contribution < -0.4 is 0 Å². The van der Waals surface area contributed by atoms with Gasteiger partial charge in [-0.2, -0.15) is 5.10 Å². The van der Waals surface area contributed by atoms with Crippen LogP contribution in [0.4, 0.5) is 0 Å². The van der Waals surface area contributed by atoms with Gasteiger partial charge in [-0.05, 0) is 12.1 Å². The van der Waals surface area contributed by atoms with Crippen LogP contribution in [0.3, 0.4) is 0 Å². The summed E-state index contributed by atoms with van der Waals surface area (Å²) in [6, 6.07) is 11.8. The zero-order valence-corrected chi connectivity index (χ0v) is 12.5. The predicted octanol–water partition coefficient (Wildman–Crippen LogP) is 2.93. The first-order valence-corrected chi connectivity index (χ1v) is 7.23. The third kappa shape index (κ3) is 2.40. The number of aryl methyl sites for hydroxylation is 1. The smallest absolute Gasteiger partial charge is 0.183 e. The first kappa shape index (κ1) is 13.4. The first-order valence-electron chi connectivity index (χ1n) is 7.23. The van der Waals surface area contributed by atoms with Crippen molar-refractivity contribution in [3.05, 3.63) is 61.2 Å². The number of H-pyrrole nitrogens is 1. The zero-order chi connectivity index (χ0) is 15.6. The fourth-order valence-corrected chi connectivity index (χ4v) is 2.52. The second-order valence-corrected chi connectivity index (χ2v) is 5.16. The molecule has 0 aliphatic carbocycles. The SMILES string of the molecule is Cn1ccnc1-c1ccccc1-c1nc(-c2cccnc2)n[nH]1. The number of benzene rings is 1. The molecule has 4 aromatic rings. The second-order valence-electron chi connectivity index (χ2n) is 5.16. The van der Waals surface area contributed by atoms with Gasteiger partial charge in [-0.25, -0.2) is 9.97 Å². The van der Waals surface area contributed by atoms with Gasteiger partial charge in [-0.1, -0.05) is 24.3 Å². The first-order chi connectivity index (χ1) is 11.3. The third-order valence-electron chi connectivity index (χ3n) is 3.65. The van der Waals surface area contributed by atoms with Crippen LogP contribution in [-0.2, 0) is 7.05 Å². The highest BCUT2D eigenvalue weighted by Crippen LogP contribution is 2.29. The van der Waals surface area contributed by atoms with E-state index in [0.717, 1.165) is 22.5 Å². The molecule has 0 fully saturated rings. The molecule has 6 nitrogen and oxygen atoms in total. The summed E-state index contributed by atoms with van der Waals surface area (Å²) < 4.78 is 1.98. The Morgan fingerprint density at radius 1 is 1.00 bits per heavy atom. The number of aromatic nitrogens is 6. The molecule has 0 bridgehead atoms. The topological polar surface area (TPSA) is 72.3 Å². The summed E-state index contributed by atoms with van der Waals surface area (Å²) in [4.78, 5) is 13.1. The summed E-state index contributed by atoms with van der Waals surface area (Å²) in [7, 11) is 1.97. The van der Waals surface area contributed by atoms with E-state index in [2.05, 4.69) is 25.1 Å². The number of nitrogens with one attached hydrogen (secondary N) is 1. The molecule has 0 spiro atoms. The molecule has 6 heteroatoms. The van der Waals surface area contributed by atoms with Crippen LogP contribution in [0.25, 0.3) is 34.2 Å². The van der Waals surface area contributed by atoms with Crippen molar-refractivity contribution in [1.82, 2.24) is 29.7 Å². The molecule has 0 aliphatic rings. The summed E-state index contributed by atoms with van der Waals surface area (Å²) in [5.41, 5.74) is 2.85. The van der Waals surface area contributed by atoms with E-state index < -0.39 is 0 Å². The Morgan fingerprint density at radius 3 is 2.61 bits per heavy atom. The van der Waals surface area contributed by atoms with Gasteiger partial charge in [0, 0.05) is 48.5 Å². The molecule has 0 atom stereocenters. The van der Waals surface area contributed by atoms with Crippen molar-refractivity contribution >= 4 is 0 Å². The minimum atomic E-state index is 0.628. The Hall–Kier alpha value is -3.28. The average Bonchev–Trinajstić information content (AvgIpc) is 3.25. The fourth-order valence-electron chi connectivity index (χ4n) is 2.52. The minimum Gasteiger partial charge on any atom is -0.334 e. The maximum atomic E-state index is 4.61. The quantitative estimate of drug-likeness (QED) is 0.631. The van der Waals surface area contributed by atoms with E-state index in [1.807, 2.05) is 54.2 Å². The van der Waals surface area contributed by atoms with Crippen molar-refractivity contribution in [2.45, 2.75) is 0 Å². The van der Waals surface area contributed by atoms with Crippen molar-refractivity contribution in [2.24, 2.45) is 7.05 Å². The van der Waals surface area contributed by atoms with Crippen molar-refractivity contribution in [1.29, 1.82) is 0 Å². The van der Waals surface area contributed by atoms with Crippen LogP contribution >= 0.6 is 0 Å². The second kappa shape index (κ2) is 5.49. The molecule has 0 aliphatic heterocycles. The number of hydrogen-bond donors (Lipinski definition) is 1. The van der Waals surface area contributed by atoms with Crippen LogP contribution in [0.15, 0.2) is 61.2 Å². The number of aromatic amines is 1. The molecule has 0 saturated heterocycles. The van der Waals surface area contributed by atoms with E-state index in [0.29, 0.717) is 11.6 Å². The lowest BCUT2D eigenvalue weighted by atomic mass is 10.1. The van der Waals surface area contributed by atoms with Crippen LogP contribution in [0.5, 0.6) is 0 Å². The number of pyridine rings is 1. The summed E-state index contributed by atoms with van der Waals surface area (Å²) >= 11 is 0. The summed E-state index contributed by atoms with van der Waals surface area (Å²) in [5.74, 6) is 2.23. The van der Waals surface area contributed by atoms with Gasteiger partial charge in [0.2, 0.25) is 0 Å². The Balaban J connectivity index is 1.81. The largest absolute Gasteiger partial charge is 0.334 e. The van der Waals surface area contributed by atoms with Gasteiger partial charge < -0.3 is 4.57 Å². The molecule has 3 aromatic heterocycles. The molecule has 4 rings (SSSR count). The van der Waals surface area contributed by atoms with Crippen molar-refractivity contribution in [2.75, 3.05) is 0 Å². The Bertz CT molecular complexity index is 938. The molecule has 1 aromatic carbocycles. The summed E-state index contributed by atoms with van der Waals surface area (Å²) in [6.45, 7) is 0. The van der Waals surface area contributed by atoms with Crippen molar-refractivity contribution < 1.29 is 0 Å². The van der Waals surface area contributed by atoms with Crippen LogP contribution in [0.2, 0.25) is 0 Å². The standard InChI is InChI=1S/C17H14N6/c1-23-10-9-19-17(23)14-7-3-2-6-13(14)16-20-15(21-22-16)12-5-4-8-18-11-12/h2-11H,1H3,(H,20,21,22). The van der Waals surface area contributed by atoms with E-state index in [-0.39, 0.29) is 0 Å². The lowest BCUT2D eigenvalue weighted by Gasteiger charge is -2.06. The van der Waals surface area contributed by atoms with E-state index in [9.17, 15) is 0 Å². The minimum absolute atomic E-state index is 0.628. The molecule has 0 saturated carbocycles. The summed E-state index contributed by atoms with van der Waals surface area (Å²) in [5, 5.41) is 7.32. The molecule has 112 valence electrons. The number of hydrogen-bond acceptors (Lipinski definition) is 4. The average molecular weight is 302 g/mol. The lowest BCUT2D eigenvalue weighted by Crippen LogP contribution is -1.94. The Kier molecular flexibility index (Phi) is 3.20. The van der Waals surface area contributed by atoms with Crippen LogP contribution in [0.1, 0.15) is 0 Å². The molecular weight excluding hydrogens is 288 g/mol. The van der Waals surface area contributed by atoms with Gasteiger partial charge >= 0.3 is 0 Å². The van der Waals surface area contributed by atoms with Gasteiger partial charge in [0.05, 0.1) is 0 Å². The Morgan fingerprint density at radius 2 is 1.87 bits per heavy atom. The monoisotopic (exact) mass is 302 g/mol.